The van der Waals surface area contributed by atoms with Crippen LogP contribution in [0, 0.1) is 11.7 Å². The smallest absolute Gasteiger partial charge is 0.371 e. The maximum absolute atomic E-state index is 13.0. The minimum atomic E-state index is -1.25. The third-order valence-electron chi connectivity index (χ3n) is 4.24. The van der Waals surface area contributed by atoms with Crippen molar-refractivity contribution in [1.29, 1.82) is 0 Å². The molecule has 1 unspecified atom stereocenters. The Morgan fingerprint density at radius 1 is 1.08 bits per heavy atom. The Morgan fingerprint density at radius 2 is 1.76 bits per heavy atom. The summed E-state index contributed by atoms with van der Waals surface area (Å²) in [5.74, 6) is -2.98. The van der Waals surface area contributed by atoms with Crippen molar-refractivity contribution in [3.05, 3.63) is 59.3 Å². The fraction of sp³-hybridized carbons (Fsp3) is 0.278. The van der Waals surface area contributed by atoms with Crippen molar-refractivity contribution in [2.24, 2.45) is 5.92 Å². The van der Waals surface area contributed by atoms with Crippen LogP contribution >= 0.6 is 0 Å². The molecule has 25 heavy (non-hydrogen) atoms. The van der Waals surface area contributed by atoms with Crippen molar-refractivity contribution in [3.63, 3.8) is 0 Å². The van der Waals surface area contributed by atoms with E-state index in [1.165, 1.54) is 41.3 Å². The summed E-state index contributed by atoms with van der Waals surface area (Å²) in [6.45, 7) is 0.688. The number of furan rings is 1. The van der Waals surface area contributed by atoms with E-state index in [9.17, 15) is 18.8 Å². The van der Waals surface area contributed by atoms with Gasteiger partial charge in [-0.1, -0.05) is 0 Å². The molecule has 2 aromatic rings. The summed E-state index contributed by atoms with van der Waals surface area (Å²) in [6.07, 6.45) is 1.29. The van der Waals surface area contributed by atoms with Gasteiger partial charge in [0, 0.05) is 24.6 Å². The second kappa shape index (κ2) is 6.88. The number of carbonyl (C=O) groups excluding carboxylic acids is 2. The minimum Gasteiger partial charge on any atom is -0.475 e. The molecule has 1 fully saturated rings. The summed E-state index contributed by atoms with van der Waals surface area (Å²) >= 11 is 0. The summed E-state index contributed by atoms with van der Waals surface area (Å²) in [7, 11) is 0. The highest BCUT2D eigenvalue weighted by molar-refractivity contribution is 5.99. The number of rotatable bonds is 4. The standard InChI is InChI=1S/C18H16FNO5/c19-13-5-3-11(4-6-13)16(21)12-2-1-9-20(10-12)17(22)14-7-8-15(25-14)18(23)24/h3-8,12H,1-2,9-10H2,(H,23,24). The zero-order valence-corrected chi connectivity index (χ0v) is 13.3. The number of Topliss-reactive ketones (excluding diaryl/α,β-unsaturated/α-hetero) is 1. The Labute approximate surface area is 142 Å². The second-order valence-corrected chi connectivity index (χ2v) is 5.93. The Kier molecular flexibility index (Phi) is 4.65. The number of carboxylic acids is 1. The van der Waals surface area contributed by atoms with Crippen LogP contribution in [0.4, 0.5) is 4.39 Å². The summed E-state index contributed by atoms with van der Waals surface area (Å²) in [5.41, 5.74) is 0.409. The lowest BCUT2D eigenvalue weighted by molar-refractivity contribution is 0.0600. The molecule has 1 aromatic heterocycles. The molecule has 0 aliphatic carbocycles. The first-order valence-electron chi connectivity index (χ1n) is 7.88. The summed E-state index contributed by atoms with van der Waals surface area (Å²) < 4.78 is 18.0. The van der Waals surface area contributed by atoms with E-state index in [1.807, 2.05) is 0 Å². The lowest BCUT2D eigenvalue weighted by Crippen LogP contribution is -2.42. The number of amides is 1. The molecule has 1 saturated heterocycles. The van der Waals surface area contributed by atoms with Crippen LogP contribution in [0.2, 0.25) is 0 Å². The van der Waals surface area contributed by atoms with Crippen molar-refractivity contribution >= 4 is 17.7 Å². The first-order valence-corrected chi connectivity index (χ1v) is 7.88. The molecule has 7 heteroatoms. The van der Waals surface area contributed by atoms with Gasteiger partial charge in [0.05, 0.1) is 0 Å². The Bertz CT molecular complexity index is 811. The lowest BCUT2D eigenvalue weighted by atomic mass is 9.90. The highest BCUT2D eigenvalue weighted by Crippen LogP contribution is 2.23. The number of likely N-dealkylation sites (tertiary alicyclic amines) is 1. The Balaban J connectivity index is 1.71. The number of hydrogen-bond donors (Lipinski definition) is 1. The quantitative estimate of drug-likeness (QED) is 0.861. The molecule has 0 bridgehead atoms. The number of hydrogen-bond acceptors (Lipinski definition) is 4. The van der Waals surface area contributed by atoms with E-state index < -0.39 is 17.7 Å². The zero-order chi connectivity index (χ0) is 18.0. The van der Waals surface area contributed by atoms with E-state index in [0.29, 0.717) is 24.9 Å². The number of nitrogens with zero attached hydrogens (tertiary/aromatic N) is 1. The van der Waals surface area contributed by atoms with Crippen LogP contribution in [0.5, 0.6) is 0 Å². The van der Waals surface area contributed by atoms with Gasteiger partial charge in [-0.25, -0.2) is 9.18 Å². The van der Waals surface area contributed by atoms with E-state index in [2.05, 4.69) is 0 Å². The molecule has 1 amide bonds. The largest absolute Gasteiger partial charge is 0.475 e. The molecule has 1 aliphatic heterocycles. The van der Waals surface area contributed by atoms with Crippen molar-refractivity contribution in [2.75, 3.05) is 13.1 Å². The Morgan fingerprint density at radius 3 is 2.40 bits per heavy atom. The van der Waals surface area contributed by atoms with E-state index in [1.54, 1.807) is 0 Å². The minimum absolute atomic E-state index is 0.0627. The predicted octanol–water partition coefficient (Wildman–Crippen LogP) is 2.85. The highest BCUT2D eigenvalue weighted by atomic mass is 19.1. The molecule has 0 spiro atoms. The number of carboxylic acid groups (broad SMARTS) is 1. The van der Waals surface area contributed by atoms with Crippen molar-refractivity contribution in [3.8, 4) is 0 Å². The number of aromatic carboxylic acids is 1. The highest BCUT2D eigenvalue weighted by Gasteiger charge is 2.30. The molecule has 0 radical (unpaired) electrons. The van der Waals surface area contributed by atoms with Gasteiger partial charge in [0.15, 0.2) is 11.5 Å². The third kappa shape index (κ3) is 3.60. The van der Waals surface area contributed by atoms with Crippen LogP contribution < -0.4 is 0 Å². The molecular formula is C18H16FNO5. The number of benzene rings is 1. The molecule has 0 saturated carbocycles. The maximum atomic E-state index is 13.0. The van der Waals surface area contributed by atoms with Gasteiger partial charge >= 0.3 is 5.97 Å². The number of halogens is 1. The molecule has 1 N–H and O–H groups in total. The third-order valence-corrected chi connectivity index (χ3v) is 4.24. The first kappa shape index (κ1) is 16.9. The normalized spacial score (nSPS) is 17.3. The number of ketones is 1. The summed E-state index contributed by atoms with van der Waals surface area (Å²) in [6, 6.07) is 7.87. The summed E-state index contributed by atoms with van der Waals surface area (Å²) in [4.78, 5) is 37.3. The van der Waals surface area contributed by atoms with Crippen molar-refractivity contribution < 1.29 is 28.3 Å². The zero-order valence-electron chi connectivity index (χ0n) is 13.3. The average Bonchev–Trinajstić information content (AvgIpc) is 3.12. The number of piperidine rings is 1. The molecule has 3 rings (SSSR count). The molecule has 2 heterocycles. The van der Waals surface area contributed by atoms with Gasteiger partial charge in [-0.05, 0) is 49.2 Å². The average molecular weight is 345 g/mol. The van der Waals surface area contributed by atoms with Gasteiger partial charge in [-0.2, -0.15) is 0 Å². The lowest BCUT2D eigenvalue weighted by Gasteiger charge is -2.31. The fourth-order valence-corrected chi connectivity index (χ4v) is 2.95. The van der Waals surface area contributed by atoms with Gasteiger partial charge in [-0.3, -0.25) is 9.59 Å². The van der Waals surface area contributed by atoms with Crippen molar-refractivity contribution in [1.82, 2.24) is 4.90 Å². The SMILES string of the molecule is O=C(O)c1ccc(C(=O)N2CCCC(C(=O)c3ccc(F)cc3)C2)o1. The van der Waals surface area contributed by atoms with E-state index in [-0.39, 0.29) is 29.8 Å². The molecule has 1 aromatic carbocycles. The molecule has 130 valence electrons. The van der Waals surface area contributed by atoms with Crippen LogP contribution in [0.3, 0.4) is 0 Å². The molecule has 1 atom stereocenters. The fourth-order valence-electron chi connectivity index (χ4n) is 2.95. The van der Waals surface area contributed by atoms with E-state index in [0.717, 1.165) is 0 Å². The van der Waals surface area contributed by atoms with Gasteiger partial charge in [-0.15, -0.1) is 0 Å². The first-order chi connectivity index (χ1) is 12.0. The monoisotopic (exact) mass is 345 g/mol. The topological polar surface area (TPSA) is 87.8 Å². The van der Waals surface area contributed by atoms with Crippen LogP contribution in [0.1, 0.15) is 44.3 Å². The van der Waals surface area contributed by atoms with Crippen LogP contribution in [0.15, 0.2) is 40.8 Å². The van der Waals surface area contributed by atoms with Gasteiger partial charge in [0.2, 0.25) is 5.76 Å². The molecule has 1 aliphatic rings. The maximum Gasteiger partial charge on any atom is 0.371 e. The van der Waals surface area contributed by atoms with Gasteiger partial charge in [0.25, 0.3) is 5.91 Å². The van der Waals surface area contributed by atoms with Crippen molar-refractivity contribution in [2.45, 2.75) is 12.8 Å². The molecular weight excluding hydrogens is 329 g/mol. The van der Waals surface area contributed by atoms with Crippen LogP contribution in [-0.2, 0) is 0 Å². The van der Waals surface area contributed by atoms with E-state index in [4.69, 9.17) is 9.52 Å². The molecule has 6 nitrogen and oxygen atoms in total. The van der Waals surface area contributed by atoms with Gasteiger partial charge < -0.3 is 14.4 Å². The summed E-state index contributed by atoms with van der Waals surface area (Å²) in [5, 5.41) is 8.86. The van der Waals surface area contributed by atoms with Crippen LogP contribution in [0.25, 0.3) is 0 Å². The second-order valence-electron chi connectivity index (χ2n) is 5.93. The van der Waals surface area contributed by atoms with E-state index >= 15 is 0 Å². The number of carbonyl (C=O) groups is 3. The Hall–Kier alpha value is -2.96. The predicted molar refractivity (Wildman–Crippen MR) is 85.0 cm³/mol. The van der Waals surface area contributed by atoms with Crippen LogP contribution in [-0.4, -0.2) is 40.8 Å². The van der Waals surface area contributed by atoms with Gasteiger partial charge in [0.1, 0.15) is 5.82 Å².